The molecular formula is C21H24FN3O5S. The van der Waals surface area contributed by atoms with Crippen molar-refractivity contribution in [1.29, 1.82) is 0 Å². The van der Waals surface area contributed by atoms with Crippen molar-refractivity contribution in [3.8, 4) is 11.3 Å². The number of ether oxygens (including phenoxy) is 1. The standard InChI is InChI=1S/C21H24FN3O5S/c1-12(2)19-17(9-8-16-10-15(26)11-18(27)30-16)20(13-4-6-14(22)7-5-13)24-21(23-19)25-31(3,28)29/h4-9,12,15-16,26H,10-11H2,1-3H3,(H,23,24,25)/b9-8+/t15-,16-/m1/s1/i1D3,2D3. The fraction of sp³-hybridized carbons (Fsp3) is 0.381. The summed E-state index contributed by atoms with van der Waals surface area (Å²) in [6, 6.07) is 4.73. The molecule has 2 heterocycles. The van der Waals surface area contributed by atoms with E-state index in [0.717, 1.165) is 18.4 Å². The quantitative estimate of drug-likeness (QED) is 0.643. The third kappa shape index (κ3) is 6.08. The minimum absolute atomic E-state index is 0.0278. The molecular weight excluding hydrogens is 425 g/mol. The minimum atomic E-state index is -3.97. The molecule has 0 bridgehead atoms. The summed E-state index contributed by atoms with van der Waals surface area (Å²) in [6.07, 6.45) is 1.27. The number of nitrogens with zero attached hydrogens (tertiary/aromatic N) is 2. The number of aliphatic hydroxyl groups excluding tert-OH is 1. The number of benzene rings is 1. The van der Waals surface area contributed by atoms with E-state index in [1.807, 2.05) is 4.72 Å². The fourth-order valence-corrected chi connectivity index (χ4v) is 3.46. The molecule has 3 rings (SSSR count). The first-order chi connectivity index (χ1) is 16.9. The monoisotopic (exact) mass is 455 g/mol. The summed E-state index contributed by atoms with van der Waals surface area (Å²) >= 11 is 0. The van der Waals surface area contributed by atoms with E-state index in [1.54, 1.807) is 0 Å². The van der Waals surface area contributed by atoms with Crippen LogP contribution in [-0.2, 0) is 19.6 Å². The molecule has 2 N–H and O–H groups in total. The number of cyclic esters (lactones) is 1. The van der Waals surface area contributed by atoms with Crippen LogP contribution >= 0.6 is 0 Å². The minimum Gasteiger partial charge on any atom is -0.458 e. The van der Waals surface area contributed by atoms with Gasteiger partial charge in [-0.15, -0.1) is 0 Å². The van der Waals surface area contributed by atoms with Crippen LogP contribution in [0.1, 0.15) is 51.9 Å². The summed E-state index contributed by atoms with van der Waals surface area (Å²) in [4.78, 5) is 19.9. The number of hydrogen-bond donors (Lipinski definition) is 2. The molecule has 1 aromatic heterocycles. The summed E-state index contributed by atoms with van der Waals surface area (Å²) in [5, 5.41) is 9.90. The molecule has 1 fully saturated rings. The maximum absolute atomic E-state index is 13.6. The van der Waals surface area contributed by atoms with Crippen molar-refractivity contribution in [2.45, 2.75) is 44.7 Å². The molecule has 166 valence electrons. The summed E-state index contributed by atoms with van der Waals surface area (Å²) in [5.74, 6) is -4.04. The van der Waals surface area contributed by atoms with E-state index in [2.05, 4.69) is 9.97 Å². The van der Waals surface area contributed by atoms with Crippen molar-refractivity contribution in [2.24, 2.45) is 0 Å². The topological polar surface area (TPSA) is 118 Å². The molecule has 10 heteroatoms. The molecule has 2 aromatic rings. The molecule has 1 aliphatic heterocycles. The molecule has 1 aromatic carbocycles. The number of esters is 1. The summed E-state index contributed by atoms with van der Waals surface area (Å²) in [6.45, 7) is -6.23. The molecule has 0 amide bonds. The number of aliphatic hydroxyl groups is 1. The van der Waals surface area contributed by atoms with Gasteiger partial charge in [-0.25, -0.2) is 22.8 Å². The number of aromatic nitrogens is 2. The van der Waals surface area contributed by atoms with Crippen molar-refractivity contribution in [2.75, 3.05) is 11.0 Å². The fourth-order valence-electron chi connectivity index (χ4n) is 3.04. The zero-order chi connectivity index (χ0) is 27.8. The highest BCUT2D eigenvalue weighted by molar-refractivity contribution is 7.91. The zero-order valence-corrected chi connectivity index (χ0v) is 17.2. The number of rotatable bonds is 6. The van der Waals surface area contributed by atoms with Gasteiger partial charge >= 0.3 is 5.97 Å². The van der Waals surface area contributed by atoms with E-state index in [-0.39, 0.29) is 29.7 Å². The second kappa shape index (κ2) is 9.11. The van der Waals surface area contributed by atoms with Gasteiger partial charge in [0.25, 0.3) is 0 Å². The molecule has 1 saturated heterocycles. The molecule has 31 heavy (non-hydrogen) atoms. The number of nitrogens with one attached hydrogen (secondary N) is 1. The molecule has 8 nitrogen and oxygen atoms in total. The third-order valence-corrected chi connectivity index (χ3v) is 4.86. The summed E-state index contributed by atoms with van der Waals surface area (Å²) in [5.41, 5.74) is -0.566. The Balaban J connectivity index is 2.34. The average Bonchev–Trinajstić information content (AvgIpc) is 2.69. The number of carbonyl (C=O) groups excluding carboxylic acids is 1. The Labute approximate surface area is 188 Å². The number of anilines is 1. The Kier molecular flexibility index (Phi) is 4.66. The highest BCUT2D eigenvalue weighted by Gasteiger charge is 2.26. The largest absolute Gasteiger partial charge is 0.458 e. The second-order valence-corrected chi connectivity index (χ2v) is 8.74. The molecule has 2 atom stereocenters. The van der Waals surface area contributed by atoms with E-state index in [9.17, 15) is 22.7 Å². The van der Waals surface area contributed by atoms with Gasteiger partial charge in [0.2, 0.25) is 16.0 Å². The maximum atomic E-state index is 13.6. The molecule has 0 spiro atoms. The van der Waals surface area contributed by atoms with Gasteiger partial charge < -0.3 is 9.84 Å². The Hall–Kier alpha value is -2.85. The van der Waals surface area contributed by atoms with E-state index in [1.165, 1.54) is 24.3 Å². The second-order valence-electron chi connectivity index (χ2n) is 6.99. The van der Waals surface area contributed by atoms with Gasteiger partial charge in [-0.1, -0.05) is 19.8 Å². The van der Waals surface area contributed by atoms with Crippen molar-refractivity contribution in [3.05, 3.63) is 47.4 Å². The first kappa shape index (κ1) is 15.9. The summed E-state index contributed by atoms with van der Waals surface area (Å²) in [7, 11) is -3.97. The van der Waals surface area contributed by atoms with Crippen molar-refractivity contribution >= 4 is 28.0 Å². The van der Waals surface area contributed by atoms with Crippen LogP contribution < -0.4 is 4.72 Å². The first-order valence-electron chi connectivity index (χ1n) is 12.2. The highest BCUT2D eigenvalue weighted by atomic mass is 32.2. The molecule has 0 radical (unpaired) electrons. The van der Waals surface area contributed by atoms with Gasteiger partial charge in [0.1, 0.15) is 11.9 Å². The molecule has 0 aliphatic carbocycles. The van der Waals surface area contributed by atoms with Gasteiger partial charge in [0.05, 0.1) is 30.2 Å². The first-order valence-corrected chi connectivity index (χ1v) is 11.0. The highest BCUT2D eigenvalue weighted by Crippen LogP contribution is 2.31. The number of carbonyl (C=O) groups is 1. The van der Waals surface area contributed by atoms with E-state index in [0.29, 0.717) is 0 Å². The maximum Gasteiger partial charge on any atom is 0.309 e. The molecule has 0 unspecified atom stereocenters. The summed E-state index contributed by atoms with van der Waals surface area (Å²) < 4.78 is 92.1. The van der Waals surface area contributed by atoms with Crippen LogP contribution in [0.25, 0.3) is 17.3 Å². The Morgan fingerprint density at radius 1 is 1.32 bits per heavy atom. The Bertz CT molecular complexity index is 1290. The van der Waals surface area contributed by atoms with Crippen LogP contribution in [0.5, 0.6) is 0 Å². The average molecular weight is 456 g/mol. The molecule has 0 saturated carbocycles. The zero-order valence-electron chi connectivity index (χ0n) is 22.4. The predicted octanol–water partition coefficient (Wildman–Crippen LogP) is 2.86. The Morgan fingerprint density at radius 2 is 2.03 bits per heavy atom. The van der Waals surface area contributed by atoms with E-state index >= 15 is 0 Å². The van der Waals surface area contributed by atoms with Crippen molar-refractivity contribution < 1.29 is 35.7 Å². The van der Waals surface area contributed by atoms with Crippen molar-refractivity contribution in [3.63, 3.8) is 0 Å². The number of sulfonamides is 1. The number of hydrogen-bond acceptors (Lipinski definition) is 7. The molecule has 1 aliphatic rings. The van der Waals surface area contributed by atoms with Crippen LogP contribution in [0.15, 0.2) is 30.3 Å². The SMILES string of the molecule is [2H]C([2H])([2H])C(c1nc(NS(C)(=O)=O)nc(-c2ccc(F)cc2)c1/C=C/[C@@H]1C[C@@H](O)CC(=O)O1)C([2H])([2H])[2H]. The third-order valence-electron chi connectivity index (χ3n) is 4.31. The van der Waals surface area contributed by atoms with Gasteiger partial charge in [0.15, 0.2) is 0 Å². The van der Waals surface area contributed by atoms with Crippen LogP contribution in [0, 0.1) is 5.82 Å². The lowest BCUT2D eigenvalue weighted by atomic mass is 9.97. The number of halogens is 1. The van der Waals surface area contributed by atoms with Gasteiger partial charge in [-0.2, -0.15) is 0 Å². The normalized spacial score (nSPS) is 23.3. The van der Waals surface area contributed by atoms with Crippen LogP contribution in [0.4, 0.5) is 10.3 Å². The van der Waals surface area contributed by atoms with E-state index in [4.69, 9.17) is 13.0 Å². The predicted molar refractivity (Wildman–Crippen MR) is 114 cm³/mol. The lowest BCUT2D eigenvalue weighted by molar-refractivity contribution is -0.156. The van der Waals surface area contributed by atoms with Crippen molar-refractivity contribution in [1.82, 2.24) is 9.97 Å². The Morgan fingerprint density at radius 3 is 2.65 bits per heavy atom. The van der Waals surface area contributed by atoms with E-state index < -0.39 is 65.3 Å². The smallest absolute Gasteiger partial charge is 0.309 e. The lowest BCUT2D eigenvalue weighted by Crippen LogP contribution is -2.31. The lowest BCUT2D eigenvalue weighted by Gasteiger charge is -2.23. The van der Waals surface area contributed by atoms with Gasteiger partial charge in [0, 0.05) is 25.8 Å². The van der Waals surface area contributed by atoms with Gasteiger partial charge in [-0.3, -0.25) is 9.52 Å². The van der Waals surface area contributed by atoms with Crippen LogP contribution in [-0.4, -0.2) is 47.9 Å². The van der Waals surface area contributed by atoms with Crippen LogP contribution in [0.2, 0.25) is 0 Å². The van der Waals surface area contributed by atoms with Crippen LogP contribution in [0.3, 0.4) is 0 Å². The van der Waals surface area contributed by atoms with Gasteiger partial charge in [-0.05, 0) is 36.3 Å².